The van der Waals surface area contributed by atoms with Gasteiger partial charge in [-0.05, 0) is 17.7 Å². The van der Waals surface area contributed by atoms with Crippen LogP contribution in [0.4, 0.5) is 8.78 Å². The molecule has 1 rings (SSSR count). The highest BCUT2D eigenvalue weighted by molar-refractivity contribution is 9.10. The highest BCUT2D eigenvalue weighted by atomic mass is 79.9. The van der Waals surface area contributed by atoms with Gasteiger partial charge in [0.15, 0.2) is 0 Å². The SMILES string of the molecule is OCc1ccc(OCC(F)F)cc1Br. The first-order valence-electron chi connectivity index (χ1n) is 3.93. The van der Waals surface area contributed by atoms with Crippen LogP contribution in [0.2, 0.25) is 0 Å². The molecule has 78 valence electrons. The van der Waals surface area contributed by atoms with Crippen molar-refractivity contribution in [3.8, 4) is 5.75 Å². The van der Waals surface area contributed by atoms with Crippen molar-refractivity contribution in [3.63, 3.8) is 0 Å². The van der Waals surface area contributed by atoms with Gasteiger partial charge in [-0.1, -0.05) is 22.0 Å². The van der Waals surface area contributed by atoms with E-state index in [2.05, 4.69) is 15.9 Å². The standard InChI is InChI=1S/C9H9BrF2O2/c10-8-3-7(14-5-9(11)12)2-1-6(8)4-13/h1-3,9,13H,4-5H2. The Bertz CT molecular complexity index is 305. The lowest BCUT2D eigenvalue weighted by Gasteiger charge is -2.07. The van der Waals surface area contributed by atoms with E-state index in [4.69, 9.17) is 9.84 Å². The monoisotopic (exact) mass is 266 g/mol. The van der Waals surface area contributed by atoms with Crippen LogP contribution < -0.4 is 4.74 Å². The Morgan fingerprint density at radius 2 is 2.14 bits per heavy atom. The number of ether oxygens (including phenoxy) is 1. The van der Waals surface area contributed by atoms with Crippen LogP contribution in [0.25, 0.3) is 0 Å². The van der Waals surface area contributed by atoms with Crippen molar-refractivity contribution in [1.82, 2.24) is 0 Å². The summed E-state index contributed by atoms with van der Waals surface area (Å²) in [5.41, 5.74) is 0.689. The quantitative estimate of drug-likeness (QED) is 0.908. The summed E-state index contributed by atoms with van der Waals surface area (Å²) in [6.07, 6.45) is -2.48. The van der Waals surface area contributed by atoms with Crippen LogP contribution in [0, 0.1) is 0 Å². The van der Waals surface area contributed by atoms with E-state index in [1.54, 1.807) is 18.2 Å². The van der Waals surface area contributed by atoms with E-state index < -0.39 is 13.0 Å². The van der Waals surface area contributed by atoms with Gasteiger partial charge in [-0.2, -0.15) is 0 Å². The average Bonchev–Trinajstić information content (AvgIpc) is 2.15. The van der Waals surface area contributed by atoms with E-state index >= 15 is 0 Å². The number of aliphatic hydroxyl groups excluding tert-OH is 1. The molecule has 5 heteroatoms. The van der Waals surface area contributed by atoms with Crippen molar-refractivity contribution < 1.29 is 18.6 Å². The summed E-state index contributed by atoms with van der Waals surface area (Å²) in [4.78, 5) is 0. The lowest BCUT2D eigenvalue weighted by Crippen LogP contribution is -2.06. The number of hydrogen-bond donors (Lipinski definition) is 1. The van der Waals surface area contributed by atoms with Gasteiger partial charge in [-0.15, -0.1) is 0 Å². The van der Waals surface area contributed by atoms with Crippen LogP contribution in [-0.4, -0.2) is 18.1 Å². The molecule has 0 aromatic heterocycles. The second-order valence-corrected chi connectivity index (χ2v) is 3.47. The molecule has 1 N–H and O–H groups in total. The predicted octanol–water partition coefficient (Wildman–Crippen LogP) is 2.59. The minimum atomic E-state index is -2.48. The van der Waals surface area contributed by atoms with Gasteiger partial charge in [0.2, 0.25) is 0 Å². The largest absolute Gasteiger partial charge is 0.488 e. The first-order valence-corrected chi connectivity index (χ1v) is 4.73. The molecule has 0 saturated carbocycles. The van der Waals surface area contributed by atoms with E-state index in [1.807, 2.05) is 0 Å². The molecule has 0 heterocycles. The Kier molecular flexibility index (Phi) is 4.28. The zero-order valence-electron chi connectivity index (χ0n) is 7.21. The predicted molar refractivity (Wildman–Crippen MR) is 51.6 cm³/mol. The van der Waals surface area contributed by atoms with Crippen molar-refractivity contribution in [3.05, 3.63) is 28.2 Å². The molecule has 0 spiro atoms. The van der Waals surface area contributed by atoms with Crippen LogP contribution >= 0.6 is 15.9 Å². The zero-order valence-corrected chi connectivity index (χ0v) is 8.80. The Balaban J connectivity index is 2.66. The lowest BCUT2D eigenvalue weighted by molar-refractivity contribution is 0.0818. The molecule has 0 unspecified atom stereocenters. The Labute approximate surface area is 88.6 Å². The van der Waals surface area contributed by atoms with Crippen LogP contribution in [0.5, 0.6) is 5.75 Å². The molecule has 0 fully saturated rings. The Hall–Kier alpha value is -0.680. The van der Waals surface area contributed by atoms with Crippen LogP contribution in [-0.2, 0) is 6.61 Å². The minimum absolute atomic E-state index is 0.101. The number of aliphatic hydroxyl groups is 1. The van der Waals surface area contributed by atoms with Crippen molar-refractivity contribution in [2.24, 2.45) is 0 Å². The molecule has 2 nitrogen and oxygen atoms in total. The van der Waals surface area contributed by atoms with Gasteiger partial charge in [-0.3, -0.25) is 0 Å². The van der Waals surface area contributed by atoms with E-state index in [0.29, 0.717) is 15.8 Å². The fourth-order valence-electron chi connectivity index (χ4n) is 0.905. The maximum Gasteiger partial charge on any atom is 0.272 e. The normalized spacial score (nSPS) is 10.6. The molecular weight excluding hydrogens is 258 g/mol. The fourth-order valence-corrected chi connectivity index (χ4v) is 1.39. The molecule has 0 atom stereocenters. The maximum absolute atomic E-state index is 11.8. The summed E-state index contributed by atoms with van der Waals surface area (Å²) in [5.74, 6) is 0.356. The third-order valence-corrected chi connectivity index (χ3v) is 2.31. The highest BCUT2D eigenvalue weighted by Crippen LogP contribution is 2.23. The number of alkyl halides is 2. The highest BCUT2D eigenvalue weighted by Gasteiger charge is 2.05. The number of rotatable bonds is 4. The Morgan fingerprint density at radius 3 is 2.64 bits per heavy atom. The van der Waals surface area contributed by atoms with Gasteiger partial charge >= 0.3 is 0 Å². The van der Waals surface area contributed by atoms with E-state index in [9.17, 15) is 8.78 Å². The van der Waals surface area contributed by atoms with Crippen molar-refractivity contribution >= 4 is 15.9 Å². The molecule has 1 aromatic carbocycles. The first-order chi connectivity index (χ1) is 6.63. The topological polar surface area (TPSA) is 29.5 Å². The van der Waals surface area contributed by atoms with Crippen LogP contribution in [0.3, 0.4) is 0 Å². The molecule has 1 aromatic rings. The molecule has 0 aliphatic heterocycles. The van der Waals surface area contributed by atoms with Gasteiger partial charge < -0.3 is 9.84 Å². The van der Waals surface area contributed by atoms with E-state index in [1.165, 1.54) is 0 Å². The van der Waals surface area contributed by atoms with Crippen LogP contribution in [0.1, 0.15) is 5.56 Å². The summed E-state index contributed by atoms with van der Waals surface area (Å²) in [7, 11) is 0. The maximum atomic E-state index is 11.8. The summed E-state index contributed by atoms with van der Waals surface area (Å²) < 4.78 is 29.0. The first kappa shape index (κ1) is 11.4. The molecule has 0 radical (unpaired) electrons. The third-order valence-electron chi connectivity index (χ3n) is 1.57. The summed E-state index contributed by atoms with van der Waals surface area (Å²) in [5, 5.41) is 8.84. The van der Waals surface area contributed by atoms with E-state index in [-0.39, 0.29) is 6.61 Å². The van der Waals surface area contributed by atoms with Gasteiger partial charge in [0.25, 0.3) is 6.43 Å². The lowest BCUT2D eigenvalue weighted by atomic mass is 10.2. The van der Waals surface area contributed by atoms with Crippen molar-refractivity contribution in [1.29, 1.82) is 0 Å². The number of hydrogen-bond acceptors (Lipinski definition) is 2. The Morgan fingerprint density at radius 1 is 1.43 bits per heavy atom. The molecule has 0 amide bonds. The van der Waals surface area contributed by atoms with Gasteiger partial charge in [-0.25, -0.2) is 8.78 Å². The zero-order chi connectivity index (χ0) is 10.6. The fraction of sp³-hybridized carbons (Fsp3) is 0.333. The van der Waals surface area contributed by atoms with Gasteiger partial charge in [0, 0.05) is 4.47 Å². The molecule has 0 aliphatic carbocycles. The summed E-state index contributed by atoms with van der Waals surface area (Å²) in [6, 6.07) is 4.71. The minimum Gasteiger partial charge on any atom is -0.488 e. The average molecular weight is 267 g/mol. The van der Waals surface area contributed by atoms with Crippen LogP contribution in [0.15, 0.2) is 22.7 Å². The number of benzene rings is 1. The second kappa shape index (κ2) is 5.26. The number of halogens is 3. The molecule has 0 bridgehead atoms. The molecule has 14 heavy (non-hydrogen) atoms. The third kappa shape index (κ3) is 3.23. The van der Waals surface area contributed by atoms with Crippen molar-refractivity contribution in [2.75, 3.05) is 6.61 Å². The smallest absolute Gasteiger partial charge is 0.272 e. The van der Waals surface area contributed by atoms with Gasteiger partial charge in [0.1, 0.15) is 12.4 Å². The molecule has 0 saturated heterocycles. The molecule has 0 aliphatic rings. The molecular formula is C9H9BrF2O2. The van der Waals surface area contributed by atoms with E-state index in [0.717, 1.165) is 0 Å². The summed E-state index contributed by atoms with van der Waals surface area (Å²) in [6.45, 7) is -0.722. The summed E-state index contributed by atoms with van der Waals surface area (Å²) >= 11 is 3.19. The second-order valence-electron chi connectivity index (χ2n) is 2.61. The van der Waals surface area contributed by atoms with Gasteiger partial charge in [0.05, 0.1) is 6.61 Å². The van der Waals surface area contributed by atoms with Crippen molar-refractivity contribution in [2.45, 2.75) is 13.0 Å².